The highest BCUT2D eigenvalue weighted by molar-refractivity contribution is 7.11. The maximum absolute atomic E-state index is 4.41. The second-order valence-electron chi connectivity index (χ2n) is 3.22. The highest BCUT2D eigenvalue weighted by Crippen LogP contribution is 2.41. The summed E-state index contributed by atoms with van der Waals surface area (Å²) in [6, 6.07) is 0. The van der Waals surface area contributed by atoms with Crippen LogP contribution in [0.3, 0.4) is 0 Å². The predicted octanol–water partition coefficient (Wildman–Crippen LogP) is 2.13. The Morgan fingerprint density at radius 2 is 2.50 bits per heavy atom. The van der Waals surface area contributed by atoms with Crippen molar-refractivity contribution in [3.05, 3.63) is 16.1 Å². The first kappa shape index (κ1) is 8.20. The van der Waals surface area contributed by atoms with E-state index in [0.717, 1.165) is 19.0 Å². The Bertz CT molecular complexity index is 253. The van der Waals surface area contributed by atoms with E-state index >= 15 is 0 Å². The van der Waals surface area contributed by atoms with Crippen LogP contribution in [0.2, 0.25) is 0 Å². The van der Waals surface area contributed by atoms with E-state index in [1.807, 2.05) is 17.5 Å². The summed E-state index contributed by atoms with van der Waals surface area (Å²) in [5.74, 6) is 0.811. The molecule has 1 fully saturated rings. The van der Waals surface area contributed by atoms with E-state index in [9.17, 15) is 0 Å². The van der Waals surface area contributed by atoms with Gasteiger partial charge in [-0.2, -0.15) is 0 Å². The molecule has 1 N–H and O–H groups in total. The van der Waals surface area contributed by atoms with Crippen LogP contribution >= 0.6 is 11.3 Å². The van der Waals surface area contributed by atoms with Gasteiger partial charge in [-0.05, 0) is 19.4 Å². The Labute approximate surface area is 77.0 Å². The lowest BCUT2D eigenvalue weighted by Gasteiger charge is -1.94. The van der Waals surface area contributed by atoms with Gasteiger partial charge in [0.25, 0.3) is 0 Å². The second kappa shape index (κ2) is 3.54. The van der Waals surface area contributed by atoms with Crippen molar-refractivity contribution in [1.82, 2.24) is 10.3 Å². The van der Waals surface area contributed by atoms with Crippen LogP contribution in [0, 0.1) is 0 Å². The van der Waals surface area contributed by atoms with Crippen molar-refractivity contribution < 1.29 is 0 Å². The molecule has 12 heavy (non-hydrogen) atoms. The van der Waals surface area contributed by atoms with Crippen LogP contribution in [0.15, 0.2) is 6.20 Å². The molecule has 2 nitrogen and oxygen atoms in total. The van der Waals surface area contributed by atoms with E-state index in [1.165, 1.54) is 22.7 Å². The minimum atomic E-state index is 0.811. The summed E-state index contributed by atoms with van der Waals surface area (Å²) in [5.41, 5.74) is 0. The molecule has 1 aromatic rings. The van der Waals surface area contributed by atoms with Gasteiger partial charge in [-0.15, -0.1) is 11.3 Å². The molecular weight excluding hydrogens is 168 g/mol. The Balaban J connectivity index is 1.93. The van der Waals surface area contributed by atoms with E-state index in [-0.39, 0.29) is 0 Å². The summed E-state index contributed by atoms with van der Waals surface area (Å²) in [6.07, 6.45) is 4.73. The maximum Gasteiger partial charge on any atom is 0.0959 e. The number of nitrogens with one attached hydrogen (secondary N) is 1. The number of hydrogen-bond acceptors (Lipinski definition) is 3. The van der Waals surface area contributed by atoms with Crippen molar-refractivity contribution in [2.75, 3.05) is 6.54 Å². The molecule has 1 saturated carbocycles. The van der Waals surface area contributed by atoms with Gasteiger partial charge in [0.1, 0.15) is 0 Å². The Morgan fingerprint density at radius 1 is 1.67 bits per heavy atom. The van der Waals surface area contributed by atoms with Gasteiger partial charge >= 0.3 is 0 Å². The first-order chi connectivity index (χ1) is 5.90. The zero-order valence-corrected chi connectivity index (χ0v) is 8.16. The number of thiazole rings is 1. The smallest absolute Gasteiger partial charge is 0.0959 e. The Morgan fingerprint density at radius 3 is 3.17 bits per heavy atom. The normalized spacial score (nSPS) is 16.8. The molecule has 0 bridgehead atoms. The molecule has 1 heterocycles. The van der Waals surface area contributed by atoms with Gasteiger partial charge in [-0.3, -0.25) is 0 Å². The van der Waals surface area contributed by atoms with Gasteiger partial charge in [0.15, 0.2) is 0 Å². The zero-order chi connectivity index (χ0) is 8.39. The molecule has 0 aliphatic heterocycles. The summed E-state index contributed by atoms with van der Waals surface area (Å²) in [7, 11) is 0. The van der Waals surface area contributed by atoms with E-state index in [1.54, 1.807) is 0 Å². The van der Waals surface area contributed by atoms with Crippen LogP contribution in [0.4, 0.5) is 0 Å². The first-order valence-electron chi connectivity index (χ1n) is 4.55. The number of aromatic nitrogens is 1. The van der Waals surface area contributed by atoms with E-state index in [0.29, 0.717) is 0 Å². The molecule has 0 spiro atoms. The average molecular weight is 182 g/mol. The van der Waals surface area contributed by atoms with Crippen LogP contribution in [-0.4, -0.2) is 11.5 Å². The van der Waals surface area contributed by atoms with Crippen molar-refractivity contribution in [3.8, 4) is 0 Å². The summed E-state index contributed by atoms with van der Waals surface area (Å²) >= 11 is 1.87. The van der Waals surface area contributed by atoms with E-state index in [2.05, 4.69) is 17.2 Å². The quantitative estimate of drug-likeness (QED) is 0.771. The molecule has 1 aliphatic rings. The lowest BCUT2D eigenvalue weighted by Crippen LogP contribution is -2.10. The maximum atomic E-state index is 4.41. The fraction of sp³-hybridized carbons (Fsp3) is 0.667. The van der Waals surface area contributed by atoms with Gasteiger partial charge in [-0.25, -0.2) is 4.98 Å². The summed E-state index contributed by atoms with van der Waals surface area (Å²) in [5, 5.41) is 4.66. The van der Waals surface area contributed by atoms with Crippen LogP contribution in [0.1, 0.15) is 35.6 Å². The van der Waals surface area contributed by atoms with Gasteiger partial charge in [0.2, 0.25) is 0 Å². The standard InChI is InChI=1S/C9H14N2S/c1-2-10-5-8-6-11-9(12-8)7-3-4-7/h6-7,10H,2-5H2,1H3. The fourth-order valence-electron chi connectivity index (χ4n) is 1.17. The molecule has 1 aliphatic carbocycles. The third-order valence-corrected chi connectivity index (χ3v) is 3.21. The lowest BCUT2D eigenvalue weighted by atomic mass is 10.5. The molecule has 0 aromatic carbocycles. The summed E-state index contributed by atoms with van der Waals surface area (Å²) in [4.78, 5) is 5.78. The molecule has 0 atom stereocenters. The van der Waals surface area contributed by atoms with Gasteiger partial charge < -0.3 is 5.32 Å². The average Bonchev–Trinajstić information content (AvgIpc) is 2.83. The largest absolute Gasteiger partial charge is 0.312 e. The Kier molecular flexibility index (Phi) is 2.42. The second-order valence-corrected chi connectivity index (χ2v) is 4.37. The highest BCUT2D eigenvalue weighted by Gasteiger charge is 2.26. The molecule has 0 radical (unpaired) electrons. The van der Waals surface area contributed by atoms with Crippen molar-refractivity contribution in [2.24, 2.45) is 0 Å². The van der Waals surface area contributed by atoms with Crippen LogP contribution in [0.5, 0.6) is 0 Å². The monoisotopic (exact) mass is 182 g/mol. The molecule has 0 saturated heterocycles. The third kappa shape index (κ3) is 1.84. The fourth-order valence-corrected chi connectivity index (χ4v) is 2.23. The SMILES string of the molecule is CCNCc1cnc(C2CC2)s1. The number of nitrogens with zero attached hydrogens (tertiary/aromatic N) is 1. The molecule has 3 heteroatoms. The van der Waals surface area contributed by atoms with E-state index < -0.39 is 0 Å². The zero-order valence-electron chi connectivity index (χ0n) is 7.34. The molecule has 66 valence electrons. The summed E-state index contributed by atoms with van der Waals surface area (Å²) < 4.78 is 0. The third-order valence-electron chi connectivity index (χ3n) is 2.05. The molecular formula is C9H14N2S. The van der Waals surface area contributed by atoms with Crippen molar-refractivity contribution >= 4 is 11.3 Å². The molecule has 2 rings (SSSR count). The molecule has 1 aromatic heterocycles. The number of rotatable bonds is 4. The van der Waals surface area contributed by atoms with Crippen LogP contribution in [-0.2, 0) is 6.54 Å². The molecule has 0 amide bonds. The minimum absolute atomic E-state index is 0.811. The van der Waals surface area contributed by atoms with Crippen molar-refractivity contribution in [3.63, 3.8) is 0 Å². The van der Waals surface area contributed by atoms with E-state index in [4.69, 9.17) is 0 Å². The minimum Gasteiger partial charge on any atom is -0.312 e. The topological polar surface area (TPSA) is 24.9 Å². The Hall–Kier alpha value is -0.410. The first-order valence-corrected chi connectivity index (χ1v) is 5.37. The number of hydrogen-bond donors (Lipinski definition) is 1. The summed E-state index contributed by atoms with van der Waals surface area (Å²) in [6.45, 7) is 4.15. The van der Waals surface area contributed by atoms with Crippen LogP contribution < -0.4 is 5.32 Å². The predicted molar refractivity (Wildman–Crippen MR) is 51.5 cm³/mol. The van der Waals surface area contributed by atoms with Crippen molar-refractivity contribution in [2.45, 2.75) is 32.2 Å². The highest BCUT2D eigenvalue weighted by atomic mass is 32.1. The lowest BCUT2D eigenvalue weighted by molar-refractivity contribution is 0.734. The van der Waals surface area contributed by atoms with Crippen LogP contribution in [0.25, 0.3) is 0 Å². The van der Waals surface area contributed by atoms with Gasteiger partial charge in [0.05, 0.1) is 5.01 Å². The van der Waals surface area contributed by atoms with Crippen molar-refractivity contribution in [1.29, 1.82) is 0 Å². The molecule has 0 unspecified atom stereocenters. The van der Waals surface area contributed by atoms with Gasteiger partial charge in [-0.1, -0.05) is 6.92 Å². The van der Waals surface area contributed by atoms with Gasteiger partial charge in [0, 0.05) is 23.5 Å².